The molecule has 0 radical (unpaired) electrons. The number of aromatic nitrogens is 1. The fourth-order valence-electron chi connectivity index (χ4n) is 4.30. The number of carbonyl (C=O) groups excluding carboxylic acids is 1. The lowest BCUT2D eigenvalue weighted by Gasteiger charge is -2.29. The van der Waals surface area contributed by atoms with Crippen molar-refractivity contribution < 1.29 is 14.5 Å². The van der Waals surface area contributed by atoms with Crippen molar-refractivity contribution >= 4 is 55.6 Å². The minimum absolute atomic E-state index is 0.0848. The van der Waals surface area contributed by atoms with E-state index in [0.717, 1.165) is 28.9 Å². The lowest BCUT2D eigenvalue weighted by molar-refractivity contribution is -0.384. The van der Waals surface area contributed by atoms with Gasteiger partial charge in [0.1, 0.15) is 5.69 Å². The number of morpholine rings is 1. The third kappa shape index (κ3) is 5.46. The van der Waals surface area contributed by atoms with Gasteiger partial charge >= 0.3 is 0 Å². The van der Waals surface area contributed by atoms with E-state index in [0.29, 0.717) is 55.2 Å². The molecule has 4 rings (SSSR count). The lowest BCUT2D eigenvalue weighted by atomic mass is 10.1. The molecule has 0 saturated carbocycles. The van der Waals surface area contributed by atoms with Gasteiger partial charge in [0.15, 0.2) is 5.13 Å². The molecule has 9 nitrogen and oxygen atoms in total. The topological polar surface area (TPSA) is 92.0 Å². The number of likely N-dealkylation sites (N-methyl/N-ethyl adjacent to an activating group) is 1. The Morgan fingerprint density at radius 2 is 1.92 bits per heavy atom. The number of carbonyl (C=O) groups is 1. The predicted molar refractivity (Wildman–Crippen MR) is 145 cm³/mol. The number of nitrogens with zero attached hydrogens (tertiary/aromatic N) is 5. The van der Waals surface area contributed by atoms with E-state index in [1.54, 1.807) is 17.0 Å². The number of amides is 1. The summed E-state index contributed by atoms with van der Waals surface area (Å²) in [5, 5.41) is 13.1. The van der Waals surface area contributed by atoms with Crippen LogP contribution < -0.4 is 9.80 Å². The SMILES string of the molecule is CCN(CC)CCN(C(=O)c1ccc(N2CCOCC2)c([N+](=O)[O-])c1)c1nc2c(C)c(Cl)ccc2s1. The highest BCUT2D eigenvalue weighted by Gasteiger charge is 2.27. The number of thiazole rings is 1. The van der Waals surface area contributed by atoms with Gasteiger partial charge < -0.3 is 14.5 Å². The summed E-state index contributed by atoms with van der Waals surface area (Å²) in [5.41, 5.74) is 2.29. The molecule has 0 spiro atoms. The fraction of sp³-hybridized carbons (Fsp3) is 0.440. The first-order chi connectivity index (χ1) is 17.3. The highest BCUT2D eigenvalue weighted by atomic mass is 35.5. The third-order valence-electron chi connectivity index (χ3n) is 6.52. The highest BCUT2D eigenvalue weighted by Crippen LogP contribution is 2.35. The van der Waals surface area contributed by atoms with E-state index in [1.165, 1.54) is 17.4 Å². The van der Waals surface area contributed by atoms with Gasteiger partial charge in [0.2, 0.25) is 0 Å². The van der Waals surface area contributed by atoms with E-state index in [9.17, 15) is 14.9 Å². The minimum atomic E-state index is -0.426. The molecular weight excluding hydrogens is 502 g/mol. The summed E-state index contributed by atoms with van der Waals surface area (Å²) in [6.45, 7) is 11.0. The van der Waals surface area contributed by atoms with E-state index >= 15 is 0 Å². The Bertz CT molecular complexity index is 1260. The predicted octanol–water partition coefficient (Wildman–Crippen LogP) is 4.99. The number of fused-ring (bicyclic) bond motifs is 1. The normalized spacial score (nSPS) is 14.0. The van der Waals surface area contributed by atoms with E-state index in [1.807, 2.05) is 24.0 Å². The maximum atomic E-state index is 13.8. The van der Waals surface area contributed by atoms with Gasteiger partial charge in [-0.2, -0.15) is 0 Å². The molecule has 0 aliphatic carbocycles. The Morgan fingerprint density at radius 1 is 1.19 bits per heavy atom. The lowest BCUT2D eigenvalue weighted by Crippen LogP contribution is -2.39. The molecular formula is C25H30ClN5O4S. The molecule has 2 aromatic carbocycles. The summed E-state index contributed by atoms with van der Waals surface area (Å²) in [6.07, 6.45) is 0. The average Bonchev–Trinajstić information content (AvgIpc) is 3.33. The fourth-order valence-corrected chi connectivity index (χ4v) is 5.50. The van der Waals surface area contributed by atoms with Crippen LogP contribution in [-0.4, -0.2) is 73.2 Å². The second kappa shape index (κ2) is 11.5. The second-order valence-corrected chi connectivity index (χ2v) is 9.98. The number of hydrogen-bond acceptors (Lipinski definition) is 8. The van der Waals surface area contributed by atoms with Crippen LogP contribution >= 0.6 is 22.9 Å². The molecule has 0 unspecified atom stereocenters. The number of anilines is 2. The first-order valence-electron chi connectivity index (χ1n) is 12.0. The van der Waals surface area contributed by atoms with Crippen LogP contribution in [0.2, 0.25) is 5.02 Å². The summed E-state index contributed by atoms with van der Waals surface area (Å²) >= 11 is 7.72. The van der Waals surface area contributed by atoms with Crippen molar-refractivity contribution in [1.82, 2.24) is 9.88 Å². The van der Waals surface area contributed by atoms with Gasteiger partial charge in [0, 0.05) is 42.8 Å². The molecule has 1 saturated heterocycles. The summed E-state index contributed by atoms with van der Waals surface area (Å²) < 4.78 is 6.31. The summed E-state index contributed by atoms with van der Waals surface area (Å²) in [4.78, 5) is 35.9. The molecule has 1 aliphatic heterocycles. The van der Waals surface area contributed by atoms with E-state index in [4.69, 9.17) is 21.3 Å². The summed E-state index contributed by atoms with van der Waals surface area (Å²) in [6, 6.07) is 8.45. The van der Waals surface area contributed by atoms with Gasteiger partial charge in [0.25, 0.3) is 11.6 Å². The van der Waals surface area contributed by atoms with Gasteiger partial charge in [-0.3, -0.25) is 19.8 Å². The Hall–Kier alpha value is -2.79. The maximum Gasteiger partial charge on any atom is 0.293 e. The number of benzene rings is 2. The van der Waals surface area contributed by atoms with Crippen molar-refractivity contribution in [1.29, 1.82) is 0 Å². The van der Waals surface area contributed by atoms with Gasteiger partial charge in [-0.25, -0.2) is 4.98 Å². The average molecular weight is 532 g/mol. The van der Waals surface area contributed by atoms with Crippen molar-refractivity contribution in [3.63, 3.8) is 0 Å². The number of nitro groups is 1. The van der Waals surface area contributed by atoms with Crippen molar-refractivity contribution in [3.05, 3.63) is 56.6 Å². The van der Waals surface area contributed by atoms with Crippen LogP contribution in [-0.2, 0) is 4.74 Å². The molecule has 2 heterocycles. The van der Waals surface area contributed by atoms with Crippen LogP contribution in [0.5, 0.6) is 0 Å². The molecule has 0 bridgehead atoms. The monoisotopic (exact) mass is 531 g/mol. The molecule has 36 heavy (non-hydrogen) atoms. The van der Waals surface area contributed by atoms with Crippen molar-refractivity contribution in [3.8, 4) is 0 Å². The van der Waals surface area contributed by atoms with Gasteiger partial charge in [-0.05, 0) is 49.8 Å². The molecule has 0 N–H and O–H groups in total. The molecule has 1 amide bonds. The van der Waals surface area contributed by atoms with Gasteiger partial charge in [-0.1, -0.05) is 36.8 Å². The number of hydrogen-bond donors (Lipinski definition) is 0. The Kier molecular flexibility index (Phi) is 8.40. The van der Waals surface area contributed by atoms with Crippen molar-refractivity contribution in [2.75, 3.05) is 62.3 Å². The number of aryl methyl sites for hydroxylation is 1. The van der Waals surface area contributed by atoms with Crippen molar-refractivity contribution in [2.24, 2.45) is 0 Å². The number of rotatable bonds is 9. The quantitative estimate of drug-likeness (QED) is 0.283. The molecule has 3 aromatic rings. The molecule has 0 atom stereocenters. The molecule has 192 valence electrons. The standard InChI is InChI=1S/C25H30ClN5O4S/c1-4-28(5-2)10-11-30(25-27-23-17(3)19(26)7-9-22(23)36-25)24(32)18-6-8-20(21(16-18)31(33)34)29-12-14-35-15-13-29/h6-9,16H,4-5,10-15H2,1-3H3. The van der Waals surface area contributed by atoms with E-state index in [2.05, 4.69) is 18.7 Å². The van der Waals surface area contributed by atoms with Crippen LogP contribution in [0.1, 0.15) is 29.8 Å². The summed E-state index contributed by atoms with van der Waals surface area (Å²) in [5.74, 6) is -0.318. The van der Waals surface area contributed by atoms with Crippen LogP contribution in [0.3, 0.4) is 0 Å². The van der Waals surface area contributed by atoms with Gasteiger partial charge in [-0.15, -0.1) is 0 Å². The first kappa shape index (κ1) is 26.3. The third-order valence-corrected chi connectivity index (χ3v) is 7.97. The van der Waals surface area contributed by atoms with Crippen LogP contribution in [0, 0.1) is 17.0 Å². The second-order valence-electron chi connectivity index (χ2n) is 8.56. The first-order valence-corrected chi connectivity index (χ1v) is 13.2. The number of nitro benzene ring substituents is 1. The number of ether oxygens (including phenoxy) is 1. The van der Waals surface area contributed by atoms with Crippen LogP contribution in [0.25, 0.3) is 10.2 Å². The minimum Gasteiger partial charge on any atom is -0.378 e. The van der Waals surface area contributed by atoms with Crippen LogP contribution in [0.4, 0.5) is 16.5 Å². The smallest absolute Gasteiger partial charge is 0.293 e. The zero-order chi connectivity index (χ0) is 25.8. The molecule has 1 fully saturated rings. The Balaban J connectivity index is 1.72. The zero-order valence-electron chi connectivity index (χ0n) is 20.7. The van der Waals surface area contributed by atoms with E-state index < -0.39 is 4.92 Å². The zero-order valence-corrected chi connectivity index (χ0v) is 22.3. The highest BCUT2D eigenvalue weighted by molar-refractivity contribution is 7.22. The van der Waals surface area contributed by atoms with E-state index in [-0.39, 0.29) is 17.2 Å². The molecule has 11 heteroatoms. The number of halogens is 1. The Labute approximate surface area is 219 Å². The largest absolute Gasteiger partial charge is 0.378 e. The maximum absolute atomic E-state index is 13.8. The van der Waals surface area contributed by atoms with Crippen molar-refractivity contribution in [2.45, 2.75) is 20.8 Å². The van der Waals surface area contributed by atoms with Crippen LogP contribution in [0.15, 0.2) is 30.3 Å². The Morgan fingerprint density at radius 3 is 2.58 bits per heavy atom. The van der Waals surface area contributed by atoms with Gasteiger partial charge in [0.05, 0.1) is 28.4 Å². The molecule has 1 aromatic heterocycles. The molecule has 1 aliphatic rings. The summed E-state index contributed by atoms with van der Waals surface area (Å²) in [7, 11) is 0.